The summed E-state index contributed by atoms with van der Waals surface area (Å²) in [6, 6.07) is 9.04. The molecule has 0 bridgehead atoms. The van der Waals surface area contributed by atoms with E-state index in [1.165, 1.54) is 36.4 Å². The van der Waals surface area contributed by atoms with Crippen molar-refractivity contribution in [1.82, 2.24) is 5.32 Å². The molecule has 1 saturated heterocycles. The average molecular weight is 622 g/mol. The van der Waals surface area contributed by atoms with E-state index in [-0.39, 0.29) is 44.2 Å². The summed E-state index contributed by atoms with van der Waals surface area (Å²) in [5, 5.41) is 2.80. The van der Waals surface area contributed by atoms with Crippen molar-refractivity contribution in [2.75, 3.05) is 19.8 Å². The Morgan fingerprint density at radius 1 is 0.907 bits per heavy atom. The van der Waals surface area contributed by atoms with Crippen LogP contribution in [-0.2, 0) is 33.2 Å². The van der Waals surface area contributed by atoms with Crippen molar-refractivity contribution in [3.8, 4) is 11.5 Å². The largest absolute Gasteiger partial charge is 0.573 e. The molecule has 240 valence electrons. The zero-order valence-electron chi connectivity index (χ0n) is 24.7. The van der Waals surface area contributed by atoms with Gasteiger partial charge in [-0.3, -0.25) is 0 Å². The third-order valence-electron chi connectivity index (χ3n) is 6.42. The molecule has 1 N–H and O–H groups in total. The molecule has 7 nitrogen and oxygen atoms in total. The van der Waals surface area contributed by atoms with Gasteiger partial charge in [-0.15, -0.1) is 13.2 Å². The lowest BCUT2D eigenvalue weighted by atomic mass is 9.91. The van der Waals surface area contributed by atoms with Crippen molar-refractivity contribution in [3.05, 3.63) is 59.2 Å². The lowest BCUT2D eigenvalue weighted by Gasteiger charge is -2.44. The van der Waals surface area contributed by atoms with Crippen LogP contribution in [0.15, 0.2) is 42.5 Å². The Hall–Kier alpha value is -3.19. The maximum Gasteiger partial charge on any atom is 0.573 e. The van der Waals surface area contributed by atoms with Gasteiger partial charge in [0.15, 0.2) is 5.79 Å². The van der Waals surface area contributed by atoms with Crippen molar-refractivity contribution >= 4 is 6.09 Å². The van der Waals surface area contributed by atoms with E-state index in [1.807, 2.05) is 0 Å². The highest BCUT2D eigenvalue weighted by atomic mass is 19.4. The summed E-state index contributed by atoms with van der Waals surface area (Å²) in [5.74, 6) is -1.58. The van der Waals surface area contributed by atoms with Gasteiger partial charge in [0.25, 0.3) is 0 Å². The third kappa shape index (κ3) is 11.4. The first-order chi connectivity index (χ1) is 19.7. The third-order valence-corrected chi connectivity index (χ3v) is 6.42. The van der Waals surface area contributed by atoms with E-state index in [9.17, 15) is 31.1 Å². The first-order valence-corrected chi connectivity index (χ1v) is 13.7. The standard InChI is InChI=1S/C30H37F6NO6/c1-26(2,3)43-25(38)37-28(18-40-27(4,5)41-19-28)15-14-21-10-13-24(23(17-21)29(31,32)33)39-16-6-7-20-8-11-22(12-9-20)42-30(34,35)36/h8-13,17H,6-7,14-16,18-19H2,1-5H3,(H,37,38). The van der Waals surface area contributed by atoms with Gasteiger partial charge >= 0.3 is 18.6 Å². The number of hydrogen-bond acceptors (Lipinski definition) is 6. The Morgan fingerprint density at radius 2 is 1.51 bits per heavy atom. The fourth-order valence-electron chi connectivity index (χ4n) is 4.29. The number of alkyl halides is 6. The molecule has 0 radical (unpaired) electrons. The Bertz CT molecular complexity index is 1210. The summed E-state index contributed by atoms with van der Waals surface area (Å²) in [4.78, 5) is 12.6. The van der Waals surface area contributed by atoms with Gasteiger partial charge in [0.05, 0.1) is 30.9 Å². The number of carbonyl (C=O) groups excluding carboxylic acids is 1. The number of alkyl carbamates (subject to hydrolysis) is 1. The summed E-state index contributed by atoms with van der Waals surface area (Å²) in [6.45, 7) is 8.70. The summed E-state index contributed by atoms with van der Waals surface area (Å²) < 4.78 is 105. The van der Waals surface area contributed by atoms with Crippen molar-refractivity contribution < 1.29 is 54.8 Å². The second-order valence-corrected chi connectivity index (χ2v) is 11.9. The molecule has 1 heterocycles. The Balaban J connectivity index is 1.64. The number of halogens is 6. The fourth-order valence-corrected chi connectivity index (χ4v) is 4.29. The molecule has 0 unspecified atom stereocenters. The van der Waals surface area contributed by atoms with Crippen LogP contribution in [0.5, 0.6) is 11.5 Å². The number of aryl methyl sites for hydroxylation is 2. The van der Waals surface area contributed by atoms with Crippen molar-refractivity contribution in [1.29, 1.82) is 0 Å². The molecular weight excluding hydrogens is 584 g/mol. The van der Waals surface area contributed by atoms with Crippen molar-refractivity contribution in [3.63, 3.8) is 0 Å². The molecule has 1 aliphatic heterocycles. The molecule has 0 saturated carbocycles. The summed E-state index contributed by atoms with van der Waals surface area (Å²) in [6.07, 6.45) is -9.09. The van der Waals surface area contributed by atoms with Crippen LogP contribution in [-0.4, -0.2) is 49.2 Å². The number of ether oxygens (including phenoxy) is 5. The maximum atomic E-state index is 14.0. The number of hydrogen-bond donors (Lipinski definition) is 1. The Kier molecular flexibility index (Phi) is 10.5. The summed E-state index contributed by atoms with van der Waals surface area (Å²) in [7, 11) is 0. The fraction of sp³-hybridized carbons (Fsp3) is 0.567. The molecule has 1 amide bonds. The number of amides is 1. The zero-order chi connectivity index (χ0) is 32.1. The molecule has 3 rings (SSSR count). The van der Waals surface area contributed by atoms with Gasteiger partial charge in [-0.05, 0) is 95.7 Å². The maximum absolute atomic E-state index is 14.0. The minimum absolute atomic E-state index is 0.0450. The van der Waals surface area contributed by atoms with Gasteiger partial charge in [0, 0.05) is 0 Å². The molecule has 43 heavy (non-hydrogen) atoms. The van der Waals surface area contributed by atoms with Crippen LogP contribution in [0.2, 0.25) is 0 Å². The van der Waals surface area contributed by atoms with E-state index >= 15 is 0 Å². The quantitative estimate of drug-likeness (QED) is 0.218. The smallest absolute Gasteiger partial charge is 0.493 e. The molecule has 2 aromatic carbocycles. The second kappa shape index (κ2) is 13.2. The highest BCUT2D eigenvalue weighted by Gasteiger charge is 2.42. The van der Waals surface area contributed by atoms with Gasteiger partial charge in [0.1, 0.15) is 17.1 Å². The van der Waals surface area contributed by atoms with Gasteiger partial charge in [0.2, 0.25) is 0 Å². The van der Waals surface area contributed by atoms with Crippen LogP contribution in [0.3, 0.4) is 0 Å². The number of rotatable bonds is 10. The molecule has 0 spiro atoms. The zero-order valence-corrected chi connectivity index (χ0v) is 24.7. The first-order valence-electron chi connectivity index (χ1n) is 13.7. The van der Waals surface area contributed by atoms with Gasteiger partial charge < -0.3 is 29.0 Å². The van der Waals surface area contributed by atoms with Gasteiger partial charge in [-0.1, -0.05) is 18.2 Å². The molecule has 0 atom stereocenters. The van der Waals surface area contributed by atoms with Crippen LogP contribution < -0.4 is 14.8 Å². The predicted octanol–water partition coefficient (Wildman–Crippen LogP) is 7.59. The lowest BCUT2D eigenvalue weighted by Crippen LogP contribution is -2.61. The van der Waals surface area contributed by atoms with Crippen LogP contribution >= 0.6 is 0 Å². The number of carbonyl (C=O) groups is 1. The first kappa shape index (κ1) is 34.3. The molecule has 1 fully saturated rings. The molecular formula is C30H37F6NO6. The SMILES string of the molecule is CC(C)(C)OC(=O)NC1(CCc2ccc(OCCCc3ccc(OC(F)(F)F)cc3)c(C(F)(F)F)c2)COC(C)(C)OC1. The van der Waals surface area contributed by atoms with E-state index in [2.05, 4.69) is 10.1 Å². The summed E-state index contributed by atoms with van der Waals surface area (Å²) in [5.41, 5.74) is -1.67. The highest BCUT2D eigenvalue weighted by molar-refractivity contribution is 5.69. The molecule has 0 aromatic heterocycles. The van der Waals surface area contributed by atoms with Crippen LogP contribution in [0.4, 0.5) is 31.1 Å². The molecule has 0 aliphatic carbocycles. The molecule has 1 aliphatic rings. The van der Waals surface area contributed by atoms with E-state index in [4.69, 9.17) is 18.9 Å². The van der Waals surface area contributed by atoms with Gasteiger partial charge in [-0.2, -0.15) is 13.2 Å². The van der Waals surface area contributed by atoms with Gasteiger partial charge in [-0.25, -0.2) is 4.79 Å². The minimum Gasteiger partial charge on any atom is -0.493 e. The lowest BCUT2D eigenvalue weighted by molar-refractivity contribution is -0.274. The molecule has 13 heteroatoms. The topological polar surface area (TPSA) is 75.3 Å². The Labute approximate surface area is 246 Å². The minimum atomic E-state index is -4.80. The van der Waals surface area contributed by atoms with E-state index in [0.29, 0.717) is 24.0 Å². The summed E-state index contributed by atoms with van der Waals surface area (Å²) >= 11 is 0. The highest BCUT2D eigenvalue weighted by Crippen LogP contribution is 2.38. The monoisotopic (exact) mass is 621 g/mol. The van der Waals surface area contributed by atoms with Crippen LogP contribution in [0, 0.1) is 0 Å². The second-order valence-electron chi connectivity index (χ2n) is 11.9. The number of benzene rings is 2. The van der Waals surface area contributed by atoms with Crippen molar-refractivity contribution in [2.45, 2.75) is 89.8 Å². The van der Waals surface area contributed by atoms with Crippen LogP contribution in [0.1, 0.15) is 64.2 Å². The molecule has 2 aromatic rings. The predicted molar refractivity (Wildman–Crippen MR) is 145 cm³/mol. The van der Waals surface area contributed by atoms with Crippen LogP contribution in [0.25, 0.3) is 0 Å². The number of nitrogens with one attached hydrogen (secondary N) is 1. The normalized spacial score (nSPS) is 16.8. The van der Waals surface area contributed by atoms with Crippen molar-refractivity contribution in [2.24, 2.45) is 0 Å². The van der Waals surface area contributed by atoms with E-state index in [1.54, 1.807) is 34.6 Å². The Morgan fingerprint density at radius 3 is 2.07 bits per heavy atom. The van der Waals surface area contributed by atoms with E-state index in [0.717, 1.165) is 6.07 Å². The van der Waals surface area contributed by atoms with E-state index < -0.39 is 41.1 Å². The average Bonchev–Trinajstić information content (AvgIpc) is 2.86.